The quantitative estimate of drug-likeness (QED) is 0.620. The molecule has 0 unspecified atom stereocenters. The highest BCUT2D eigenvalue weighted by Gasteiger charge is 2.12. The first-order valence-electron chi connectivity index (χ1n) is 8.32. The Morgan fingerprint density at radius 2 is 1.75 bits per heavy atom. The van der Waals surface area contributed by atoms with Crippen molar-refractivity contribution < 1.29 is 9.53 Å². The van der Waals surface area contributed by atoms with Gasteiger partial charge in [-0.15, -0.1) is 11.6 Å². The number of halogens is 1. The summed E-state index contributed by atoms with van der Waals surface area (Å²) in [6, 6.07) is 18.0. The standard InChI is InChI=1S/C20H24ClNO2/c1-2-3-13-22(20(23)14-21)15-17-9-11-19(12-10-17)24-16-18-7-5-4-6-8-18/h4-12H,2-3,13-16H2,1H3. The largest absolute Gasteiger partial charge is 0.489 e. The molecule has 24 heavy (non-hydrogen) atoms. The molecular weight excluding hydrogens is 322 g/mol. The van der Waals surface area contributed by atoms with Crippen LogP contribution in [0.2, 0.25) is 0 Å². The molecule has 0 radical (unpaired) electrons. The summed E-state index contributed by atoms with van der Waals surface area (Å²) in [6.07, 6.45) is 2.04. The van der Waals surface area contributed by atoms with Gasteiger partial charge in [-0.05, 0) is 29.7 Å². The van der Waals surface area contributed by atoms with E-state index in [4.69, 9.17) is 16.3 Å². The van der Waals surface area contributed by atoms with Crippen molar-refractivity contribution in [1.82, 2.24) is 4.90 Å². The monoisotopic (exact) mass is 345 g/mol. The molecule has 1 amide bonds. The predicted molar refractivity (Wildman–Crippen MR) is 98.3 cm³/mol. The van der Waals surface area contributed by atoms with E-state index in [0.717, 1.165) is 36.3 Å². The second-order valence-corrected chi connectivity index (χ2v) is 5.99. The third kappa shape index (κ3) is 5.89. The molecule has 128 valence electrons. The molecule has 0 aliphatic carbocycles. The fraction of sp³-hybridized carbons (Fsp3) is 0.350. The number of rotatable bonds is 9. The van der Waals surface area contributed by atoms with E-state index in [9.17, 15) is 4.79 Å². The molecule has 4 heteroatoms. The minimum absolute atomic E-state index is 0.0190. The van der Waals surface area contributed by atoms with Crippen LogP contribution in [0.3, 0.4) is 0 Å². The molecular formula is C20H24ClNO2. The van der Waals surface area contributed by atoms with E-state index in [2.05, 4.69) is 6.92 Å². The van der Waals surface area contributed by atoms with E-state index >= 15 is 0 Å². The summed E-state index contributed by atoms with van der Waals surface area (Å²) >= 11 is 5.71. The van der Waals surface area contributed by atoms with Crippen molar-refractivity contribution in [3.63, 3.8) is 0 Å². The van der Waals surface area contributed by atoms with Crippen LogP contribution in [0, 0.1) is 0 Å². The van der Waals surface area contributed by atoms with Crippen LogP contribution in [0.4, 0.5) is 0 Å². The zero-order valence-corrected chi connectivity index (χ0v) is 14.8. The van der Waals surface area contributed by atoms with Crippen LogP contribution < -0.4 is 4.74 Å². The van der Waals surface area contributed by atoms with Gasteiger partial charge in [0, 0.05) is 13.1 Å². The average Bonchev–Trinajstić information content (AvgIpc) is 2.64. The number of amides is 1. The van der Waals surface area contributed by atoms with Crippen LogP contribution in [0.25, 0.3) is 0 Å². The van der Waals surface area contributed by atoms with Crippen molar-refractivity contribution in [2.24, 2.45) is 0 Å². The van der Waals surface area contributed by atoms with Crippen molar-refractivity contribution >= 4 is 17.5 Å². The first-order valence-corrected chi connectivity index (χ1v) is 8.85. The number of hydrogen-bond acceptors (Lipinski definition) is 2. The number of unbranched alkanes of at least 4 members (excludes halogenated alkanes) is 1. The van der Waals surface area contributed by atoms with E-state index in [1.54, 1.807) is 0 Å². The maximum atomic E-state index is 11.9. The molecule has 2 rings (SSSR count). The Hall–Kier alpha value is -2.00. The van der Waals surface area contributed by atoms with Gasteiger partial charge in [-0.3, -0.25) is 4.79 Å². The predicted octanol–water partition coefficient (Wildman–Crippen LogP) is 4.63. The van der Waals surface area contributed by atoms with Crippen LogP contribution in [0.5, 0.6) is 5.75 Å². The molecule has 0 fully saturated rings. The minimum Gasteiger partial charge on any atom is -0.489 e. The molecule has 0 saturated heterocycles. The lowest BCUT2D eigenvalue weighted by Gasteiger charge is -2.21. The summed E-state index contributed by atoms with van der Waals surface area (Å²) in [4.78, 5) is 13.7. The highest BCUT2D eigenvalue weighted by molar-refractivity contribution is 6.27. The summed E-state index contributed by atoms with van der Waals surface area (Å²) in [5, 5.41) is 0. The normalized spacial score (nSPS) is 10.4. The molecule has 2 aromatic carbocycles. The number of ether oxygens (including phenoxy) is 1. The van der Waals surface area contributed by atoms with Gasteiger partial charge >= 0.3 is 0 Å². The molecule has 0 saturated carbocycles. The third-order valence-corrected chi connectivity index (χ3v) is 4.02. The number of hydrogen-bond donors (Lipinski definition) is 0. The summed E-state index contributed by atoms with van der Waals surface area (Å²) in [5.74, 6) is 0.836. The van der Waals surface area contributed by atoms with Gasteiger partial charge in [0.05, 0.1) is 0 Å². The Balaban J connectivity index is 1.91. The van der Waals surface area contributed by atoms with Crippen LogP contribution in [-0.4, -0.2) is 23.2 Å². The van der Waals surface area contributed by atoms with Crippen LogP contribution in [0.15, 0.2) is 54.6 Å². The second kappa shape index (κ2) is 9.99. The van der Waals surface area contributed by atoms with Crippen molar-refractivity contribution in [2.45, 2.75) is 32.9 Å². The van der Waals surface area contributed by atoms with Crippen LogP contribution >= 0.6 is 11.6 Å². The van der Waals surface area contributed by atoms with Gasteiger partial charge in [0.2, 0.25) is 5.91 Å². The van der Waals surface area contributed by atoms with Crippen molar-refractivity contribution in [1.29, 1.82) is 0 Å². The zero-order chi connectivity index (χ0) is 17.2. The lowest BCUT2D eigenvalue weighted by atomic mass is 10.2. The first-order chi connectivity index (χ1) is 11.7. The average molecular weight is 346 g/mol. The van der Waals surface area contributed by atoms with E-state index in [1.807, 2.05) is 59.5 Å². The Labute approximate surface area is 149 Å². The Kier molecular flexibility index (Phi) is 7.63. The van der Waals surface area contributed by atoms with Crippen molar-refractivity contribution in [3.05, 3.63) is 65.7 Å². The maximum Gasteiger partial charge on any atom is 0.237 e. The SMILES string of the molecule is CCCCN(Cc1ccc(OCc2ccccc2)cc1)C(=O)CCl. The van der Waals surface area contributed by atoms with E-state index < -0.39 is 0 Å². The summed E-state index contributed by atoms with van der Waals surface area (Å²) in [5.41, 5.74) is 2.22. The van der Waals surface area contributed by atoms with Gasteiger partial charge in [0.25, 0.3) is 0 Å². The fourth-order valence-corrected chi connectivity index (χ4v) is 2.55. The van der Waals surface area contributed by atoms with Crippen LogP contribution in [-0.2, 0) is 17.9 Å². The third-order valence-electron chi connectivity index (χ3n) is 3.79. The van der Waals surface area contributed by atoms with Gasteiger partial charge in [0.1, 0.15) is 18.2 Å². The number of nitrogens with zero attached hydrogens (tertiary/aromatic N) is 1. The molecule has 0 atom stereocenters. The molecule has 0 heterocycles. The molecule has 2 aromatic rings. The Bertz CT molecular complexity index is 613. The highest BCUT2D eigenvalue weighted by atomic mass is 35.5. The summed E-state index contributed by atoms with van der Waals surface area (Å²) in [7, 11) is 0. The van der Waals surface area contributed by atoms with E-state index in [-0.39, 0.29) is 11.8 Å². The lowest BCUT2D eigenvalue weighted by molar-refractivity contribution is -0.129. The van der Waals surface area contributed by atoms with Gasteiger partial charge < -0.3 is 9.64 Å². The minimum atomic E-state index is -0.0190. The van der Waals surface area contributed by atoms with Gasteiger partial charge in [0.15, 0.2) is 0 Å². The zero-order valence-electron chi connectivity index (χ0n) is 14.1. The van der Waals surface area contributed by atoms with Crippen molar-refractivity contribution in [2.75, 3.05) is 12.4 Å². The molecule has 3 nitrogen and oxygen atoms in total. The second-order valence-electron chi connectivity index (χ2n) is 5.72. The maximum absolute atomic E-state index is 11.9. The Morgan fingerprint density at radius 3 is 2.38 bits per heavy atom. The van der Waals surface area contributed by atoms with Gasteiger partial charge in [-0.25, -0.2) is 0 Å². The summed E-state index contributed by atoms with van der Waals surface area (Å²) < 4.78 is 5.78. The number of carbonyl (C=O) groups is 1. The highest BCUT2D eigenvalue weighted by Crippen LogP contribution is 2.16. The fourth-order valence-electron chi connectivity index (χ4n) is 2.38. The molecule has 0 aliphatic heterocycles. The van der Waals surface area contributed by atoms with E-state index in [0.29, 0.717) is 13.2 Å². The van der Waals surface area contributed by atoms with Crippen molar-refractivity contribution in [3.8, 4) is 5.75 Å². The first kappa shape index (κ1) is 18.3. The number of carbonyl (C=O) groups excluding carboxylic acids is 1. The summed E-state index contributed by atoms with van der Waals surface area (Å²) in [6.45, 7) is 3.99. The van der Waals surface area contributed by atoms with Crippen LogP contribution in [0.1, 0.15) is 30.9 Å². The topological polar surface area (TPSA) is 29.5 Å². The molecule has 0 N–H and O–H groups in total. The van der Waals surface area contributed by atoms with E-state index in [1.165, 1.54) is 0 Å². The smallest absolute Gasteiger partial charge is 0.237 e. The number of alkyl halides is 1. The Morgan fingerprint density at radius 1 is 1.04 bits per heavy atom. The van der Waals surface area contributed by atoms with Gasteiger partial charge in [-0.1, -0.05) is 55.8 Å². The lowest BCUT2D eigenvalue weighted by Crippen LogP contribution is -2.32. The van der Waals surface area contributed by atoms with Gasteiger partial charge in [-0.2, -0.15) is 0 Å². The molecule has 0 aromatic heterocycles. The molecule has 0 spiro atoms. The molecule has 0 aliphatic rings. The number of benzene rings is 2. The molecule has 0 bridgehead atoms.